The fourth-order valence-corrected chi connectivity index (χ4v) is 1.88. The van der Waals surface area contributed by atoms with Crippen LogP contribution in [0.4, 0.5) is 0 Å². The van der Waals surface area contributed by atoms with Gasteiger partial charge in [-0.1, -0.05) is 0 Å². The Balaban J connectivity index is 2.50. The zero-order valence-electron chi connectivity index (χ0n) is 8.97. The Labute approximate surface area is 92.3 Å². The van der Waals surface area contributed by atoms with Gasteiger partial charge in [0.25, 0.3) is 5.56 Å². The quantitative estimate of drug-likeness (QED) is 0.800. The third kappa shape index (κ3) is 1.74. The summed E-state index contributed by atoms with van der Waals surface area (Å²) >= 11 is 0. The number of carboxylic acid groups (broad SMARTS) is 1. The number of pyridine rings is 1. The number of ether oxygens (including phenoxy) is 1. The van der Waals surface area contributed by atoms with Gasteiger partial charge < -0.3 is 14.4 Å². The van der Waals surface area contributed by atoms with Gasteiger partial charge in [-0.3, -0.25) is 4.79 Å². The Kier molecular flexibility index (Phi) is 2.55. The van der Waals surface area contributed by atoms with Gasteiger partial charge in [0.15, 0.2) is 0 Å². The van der Waals surface area contributed by atoms with Crippen LogP contribution in [0.3, 0.4) is 0 Å². The molecule has 0 saturated carbocycles. The third-order valence-corrected chi connectivity index (χ3v) is 2.94. The average molecular weight is 223 g/mol. The molecule has 1 unspecified atom stereocenters. The van der Waals surface area contributed by atoms with Crippen molar-refractivity contribution in [2.24, 2.45) is 0 Å². The molecule has 0 radical (unpaired) electrons. The van der Waals surface area contributed by atoms with E-state index in [1.165, 1.54) is 22.9 Å². The van der Waals surface area contributed by atoms with Crippen molar-refractivity contribution >= 4 is 5.97 Å². The van der Waals surface area contributed by atoms with E-state index in [1.807, 2.05) is 6.92 Å². The summed E-state index contributed by atoms with van der Waals surface area (Å²) < 4.78 is 6.72. The predicted octanol–water partition coefficient (Wildman–Crippen LogP) is 0.682. The number of aromatic nitrogens is 1. The van der Waals surface area contributed by atoms with E-state index in [0.717, 1.165) is 6.42 Å². The number of rotatable bonds is 2. The molecule has 5 heteroatoms. The van der Waals surface area contributed by atoms with Crippen LogP contribution in [0.5, 0.6) is 0 Å². The van der Waals surface area contributed by atoms with E-state index in [0.29, 0.717) is 13.2 Å². The lowest BCUT2D eigenvalue weighted by molar-refractivity contribution is 0.0694. The van der Waals surface area contributed by atoms with Gasteiger partial charge in [0, 0.05) is 18.9 Å². The molecule has 0 spiro atoms. The highest BCUT2D eigenvalue weighted by Gasteiger charge is 2.32. The summed E-state index contributed by atoms with van der Waals surface area (Å²) in [5.41, 5.74) is -0.506. The van der Waals surface area contributed by atoms with Crippen molar-refractivity contribution in [1.29, 1.82) is 0 Å². The third-order valence-electron chi connectivity index (χ3n) is 2.94. The maximum atomic E-state index is 11.7. The van der Waals surface area contributed by atoms with E-state index in [1.54, 1.807) is 0 Å². The number of hydrogen-bond donors (Lipinski definition) is 1. The average Bonchev–Trinajstić information content (AvgIpc) is 2.66. The van der Waals surface area contributed by atoms with E-state index in [9.17, 15) is 9.59 Å². The summed E-state index contributed by atoms with van der Waals surface area (Å²) in [4.78, 5) is 22.5. The fourth-order valence-electron chi connectivity index (χ4n) is 1.88. The molecule has 86 valence electrons. The van der Waals surface area contributed by atoms with E-state index in [-0.39, 0.29) is 11.1 Å². The van der Waals surface area contributed by atoms with Gasteiger partial charge >= 0.3 is 5.97 Å². The first kappa shape index (κ1) is 10.9. The molecule has 16 heavy (non-hydrogen) atoms. The van der Waals surface area contributed by atoms with Gasteiger partial charge in [-0.2, -0.15) is 0 Å². The van der Waals surface area contributed by atoms with Crippen LogP contribution in [-0.4, -0.2) is 28.9 Å². The highest BCUT2D eigenvalue weighted by molar-refractivity contribution is 5.87. The summed E-state index contributed by atoms with van der Waals surface area (Å²) in [7, 11) is 0. The molecule has 5 nitrogen and oxygen atoms in total. The predicted molar refractivity (Wildman–Crippen MR) is 56.7 cm³/mol. The van der Waals surface area contributed by atoms with Gasteiger partial charge in [0.2, 0.25) is 0 Å². The van der Waals surface area contributed by atoms with Crippen molar-refractivity contribution in [3.05, 3.63) is 34.2 Å². The molecule has 1 atom stereocenters. The van der Waals surface area contributed by atoms with E-state index in [4.69, 9.17) is 9.84 Å². The minimum Gasteiger partial charge on any atom is -0.478 e. The fraction of sp³-hybridized carbons (Fsp3) is 0.455. The summed E-state index contributed by atoms with van der Waals surface area (Å²) in [6.07, 6.45) is 2.11. The normalized spacial score (nSPS) is 24.6. The van der Waals surface area contributed by atoms with Crippen LogP contribution in [0.25, 0.3) is 0 Å². The number of carbonyl (C=O) groups is 1. The number of carboxylic acids is 1. The lowest BCUT2D eigenvalue weighted by Crippen LogP contribution is -2.39. The second-order valence-electron chi connectivity index (χ2n) is 4.23. The zero-order chi connectivity index (χ0) is 11.8. The van der Waals surface area contributed by atoms with Crippen LogP contribution in [0.1, 0.15) is 23.7 Å². The molecular formula is C11H13NO4. The molecule has 0 bridgehead atoms. The van der Waals surface area contributed by atoms with Crippen molar-refractivity contribution < 1.29 is 14.6 Å². The summed E-state index contributed by atoms with van der Waals surface area (Å²) in [5.74, 6) is -1.03. The number of aromatic carboxylic acids is 1. The van der Waals surface area contributed by atoms with Crippen molar-refractivity contribution in [3.63, 3.8) is 0 Å². The molecule has 1 aromatic heterocycles. The molecule has 1 saturated heterocycles. The Bertz CT molecular complexity index is 471. The Morgan fingerprint density at radius 3 is 2.88 bits per heavy atom. The highest BCUT2D eigenvalue weighted by atomic mass is 16.5. The Morgan fingerprint density at radius 2 is 2.31 bits per heavy atom. The van der Waals surface area contributed by atoms with Gasteiger partial charge in [0.05, 0.1) is 17.7 Å². The largest absolute Gasteiger partial charge is 0.478 e. The van der Waals surface area contributed by atoms with Crippen LogP contribution in [0, 0.1) is 0 Å². The van der Waals surface area contributed by atoms with Gasteiger partial charge in [-0.25, -0.2) is 4.79 Å². The van der Waals surface area contributed by atoms with Gasteiger partial charge in [-0.05, 0) is 19.4 Å². The van der Waals surface area contributed by atoms with Crippen molar-refractivity contribution in [1.82, 2.24) is 4.57 Å². The smallest absolute Gasteiger partial charge is 0.337 e. The highest BCUT2D eigenvalue weighted by Crippen LogP contribution is 2.25. The molecule has 0 aliphatic carbocycles. The number of hydrogen-bond acceptors (Lipinski definition) is 3. The molecule has 0 amide bonds. The van der Waals surface area contributed by atoms with Gasteiger partial charge in [0.1, 0.15) is 0 Å². The molecule has 2 heterocycles. The SMILES string of the molecule is CC1(n2cc(C(=O)O)ccc2=O)CCOC1. The molecule has 1 N–H and O–H groups in total. The lowest BCUT2D eigenvalue weighted by Gasteiger charge is -2.25. The second-order valence-corrected chi connectivity index (χ2v) is 4.23. The van der Waals surface area contributed by atoms with Crippen molar-refractivity contribution in [2.75, 3.05) is 13.2 Å². The Morgan fingerprint density at radius 1 is 1.56 bits per heavy atom. The topological polar surface area (TPSA) is 68.5 Å². The summed E-state index contributed by atoms with van der Waals surface area (Å²) in [6, 6.07) is 2.60. The lowest BCUT2D eigenvalue weighted by atomic mass is 10.0. The summed E-state index contributed by atoms with van der Waals surface area (Å²) in [5, 5.41) is 8.88. The van der Waals surface area contributed by atoms with E-state index >= 15 is 0 Å². The van der Waals surface area contributed by atoms with E-state index in [2.05, 4.69) is 0 Å². The molecular weight excluding hydrogens is 210 g/mol. The van der Waals surface area contributed by atoms with Crippen LogP contribution in [0.15, 0.2) is 23.1 Å². The first-order chi connectivity index (χ1) is 7.53. The van der Waals surface area contributed by atoms with Crippen LogP contribution in [0.2, 0.25) is 0 Å². The van der Waals surface area contributed by atoms with Crippen LogP contribution in [-0.2, 0) is 10.3 Å². The maximum absolute atomic E-state index is 11.7. The Hall–Kier alpha value is -1.62. The molecule has 1 fully saturated rings. The molecule has 1 aliphatic rings. The monoisotopic (exact) mass is 223 g/mol. The maximum Gasteiger partial charge on any atom is 0.337 e. The minimum absolute atomic E-state index is 0.118. The molecule has 1 aliphatic heterocycles. The zero-order valence-corrected chi connectivity index (χ0v) is 8.97. The first-order valence-corrected chi connectivity index (χ1v) is 5.07. The first-order valence-electron chi connectivity index (χ1n) is 5.07. The standard InChI is InChI=1S/C11H13NO4/c1-11(4-5-16-7-11)12-6-8(10(14)15)2-3-9(12)13/h2-3,6H,4-5,7H2,1H3,(H,14,15). The van der Waals surface area contributed by atoms with Crippen LogP contribution < -0.4 is 5.56 Å². The molecule has 2 rings (SSSR count). The van der Waals surface area contributed by atoms with Crippen LogP contribution >= 0.6 is 0 Å². The van der Waals surface area contributed by atoms with Crippen molar-refractivity contribution in [3.8, 4) is 0 Å². The number of nitrogens with zero attached hydrogens (tertiary/aromatic N) is 1. The summed E-state index contributed by atoms with van der Waals surface area (Å²) in [6.45, 7) is 2.93. The second kappa shape index (κ2) is 3.75. The molecule has 1 aromatic rings. The minimum atomic E-state index is -1.03. The van der Waals surface area contributed by atoms with E-state index < -0.39 is 11.5 Å². The molecule has 0 aromatic carbocycles. The van der Waals surface area contributed by atoms with Gasteiger partial charge in [-0.15, -0.1) is 0 Å². The van der Waals surface area contributed by atoms with Crippen molar-refractivity contribution in [2.45, 2.75) is 18.9 Å².